The Morgan fingerprint density at radius 3 is 2.40 bits per heavy atom. The zero-order valence-electron chi connectivity index (χ0n) is 8.05. The van der Waals surface area contributed by atoms with Crippen molar-refractivity contribution in [1.29, 1.82) is 0 Å². The highest BCUT2D eigenvalue weighted by Gasteiger charge is 2.20. The highest BCUT2D eigenvalue weighted by atomic mass is 19.3. The largest absolute Gasteiger partial charge is 0.282 e. The van der Waals surface area contributed by atoms with E-state index in [9.17, 15) is 17.6 Å². The molecule has 0 atom stereocenters. The topological polar surface area (TPSA) is 17.8 Å². The second-order valence-corrected chi connectivity index (χ2v) is 3.21. The van der Waals surface area contributed by atoms with Crippen LogP contribution in [0, 0.1) is 0 Å². The Hall–Kier alpha value is -1.33. The summed E-state index contributed by atoms with van der Waals surface area (Å²) in [5.74, 6) is 0. The van der Waals surface area contributed by atoms with Gasteiger partial charge in [-0.2, -0.15) is 5.10 Å². The van der Waals surface area contributed by atoms with Crippen molar-refractivity contribution in [2.24, 2.45) is 0 Å². The fourth-order valence-corrected chi connectivity index (χ4v) is 1.12. The van der Waals surface area contributed by atoms with Crippen molar-refractivity contribution in [2.75, 3.05) is 0 Å². The summed E-state index contributed by atoms with van der Waals surface area (Å²) in [5, 5.41) is 3.40. The molecule has 84 valence electrons. The van der Waals surface area contributed by atoms with Gasteiger partial charge in [-0.05, 0) is 13.0 Å². The zero-order valence-corrected chi connectivity index (χ0v) is 8.05. The van der Waals surface area contributed by atoms with E-state index < -0.39 is 24.2 Å². The summed E-state index contributed by atoms with van der Waals surface area (Å²) >= 11 is 0. The minimum absolute atomic E-state index is 0.0202. The summed E-state index contributed by atoms with van der Waals surface area (Å²) in [6, 6.07) is 0.721. The van der Waals surface area contributed by atoms with E-state index in [0.29, 0.717) is 5.57 Å². The van der Waals surface area contributed by atoms with Crippen LogP contribution in [0.1, 0.15) is 31.2 Å². The van der Waals surface area contributed by atoms with Crippen molar-refractivity contribution in [3.63, 3.8) is 0 Å². The van der Waals surface area contributed by atoms with Gasteiger partial charge in [0.05, 0.1) is 6.54 Å². The SMILES string of the molecule is C=C(C)Cn1nc(C(F)F)cc1C(F)F. The van der Waals surface area contributed by atoms with Crippen LogP contribution >= 0.6 is 0 Å². The molecular weight excluding hydrogens is 212 g/mol. The second kappa shape index (κ2) is 4.46. The molecule has 0 aliphatic rings. The lowest BCUT2D eigenvalue weighted by Gasteiger charge is -2.05. The van der Waals surface area contributed by atoms with Crippen LogP contribution in [-0.2, 0) is 6.54 Å². The predicted octanol–water partition coefficient (Wildman–Crippen LogP) is 3.33. The van der Waals surface area contributed by atoms with Crippen molar-refractivity contribution in [3.05, 3.63) is 29.6 Å². The summed E-state index contributed by atoms with van der Waals surface area (Å²) < 4.78 is 50.1. The van der Waals surface area contributed by atoms with Gasteiger partial charge < -0.3 is 0 Å². The molecule has 0 N–H and O–H groups in total. The molecule has 0 radical (unpaired) electrons. The Bertz CT molecular complexity index is 357. The molecule has 2 nitrogen and oxygen atoms in total. The number of halogens is 4. The van der Waals surface area contributed by atoms with E-state index in [-0.39, 0.29) is 6.54 Å². The lowest BCUT2D eigenvalue weighted by atomic mass is 10.3. The molecule has 0 unspecified atom stereocenters. The Morgan fingerprint density at radius 2 is 2.00 bits per heavy atom. The normalized spacial score (nSPS) is 11.4. The molecule has 1 aromatic rings. The molecular formula is C9H10F4N2. The van der Waals surface area contributed by atoms with Gasteiger partial charge in [0, 0.05) is 0 Å². The third-order valence-electron chi connectivity index (χ3n) is 1.70. The molecule has 0 aliphatic heterocycles. The zero-order chi connectivity index (χ0) is 11.6. The molecule has 0 saturated heterocycles. The molecule has 0 bridgehead atoms. The summed E-state index contributed by atoms with van der Waals surface area (Å²) in [5.41, 5.74) is -0.569. The minimum Gasteiger partial charge on any atom is -0.259 e. The van der Waals surface area contributed by atoms with Crippen molar-refractivity contribution >= 4 is 0 Å². The first-order chi connectivity index (χ1) is 6.91. The van der Waals surface area contributed by atoms with Gasteiger partial charge >= 0.3 is 0 Å². The minimum atomic E-state index is -2.84. The Morgan fingerprint density at radius 1 is 1.40 bits per heavy atom. The highest BCUT2D eigenvalue weighted by Crippen LogP contribution is 2.25. The number of hydrogen-bond donors (Lipinski definition) is 0. The monoisotopic (exact) mass is 222 g/mol. The first kappa shape index (κ1) is 11.7. The van der Waals surface area contributed by atoms with E-state index in [1.165, 1.54) is 0 Å². The van der Waals surface area contributed by atoms with Gasteiger partial charge in [-0.1, -0.05) is 12.2 Å². The van der Waals surface area contributed by atoms with Crippen molar-refractivity contribution in [1.82, 2.24) is 9.78 Å². The fourth-order valence-electron chi connectivity index (χ4n) is 1.12. The maximum absolute atomic E-state index is 12.4. The number of alkyl halides is 4. The molecule has 0 aliphatic carbocycles. The summed E-state index contributed by atoms with van der Waals surface area (Å²) in [4.78, 5) is 0. The van der Waals surface area contributed by atoms with E-state index in [4.69, 9.17) is 0 Å². The molecule has 6 heteroatoms. The standard InChI is InChI=1S/C9H10F4N2/c1-5(2)4-15-7(9(12)13)3-6(14-15)8(10)11/h3,8-9H,1,4H2,2H3. The van der Waals surface area contributed by atoms with E-state index in [1.807, 2.05) is 0 Å². The first-order valence-corrected chi connectivity index (χ1v) is 4.20. The fraction of sp³-hybridized carbons (Fsp3) is 0.444. The van der Waals surface area contributed by atoms with Crippen LogP contribution in [0.15, 0.2) is 18.2 Å². The summed E-state index contributed by atoms with van der Waals surface area (Å²) in [6.45, 7) is 5.14. The van der Waals surface area contributed by atoms with Crippen molar-refractivity contribution in [2.45, 2.75) is 26.3 Å². The number of rotatable bonds is 4. The second-order valence-electron chi connectivity index (χ2n) is 3.21. The summed E-state index contributed by atoms with van der Waals surface area (Å²) in [7, 11) is 0. The van der Waals surface area contributed by atoms with Gasteiger partial charge in [-0.3, -0.25) is 4.68 Å². The lowest BCUT2D eigenvalue weighted by molar-refractivity contribution is 0.139. The Balaban J connectivity index is 3.05. The van der Waals surface area contributed by atoms with Gasteiger partial charge in [-0.15, -0.1) is 0 Å². The van der Waals surface area contributed by atoms with Gasteiger partial charge in [0.2, 0.25) is 0 Å². The first-order valence-electron chi connectivity index (χ1n) is 4.20. The van der Waals surface area contributed by atoms with Crippen LogP contribution in [0.3, 0.4) is 0 Å². The van der Waals surface area contributed by atoms with Crippen LogP contribution in [0.4, 0.5) is 17.6 Å². The van der Waals surface area contributed by atoms with E-state index in [0.717, 1.165) is 10.7 Å². The van der Waals surface area contributed by atoms with Gasteiger partial charge in [0.15, 0.2) is 0 Å². The average molecular weight is 222 g/mol. The number of aromatic nitrogens is 2. The number of nitrogens with zero attached hydrogens (tertiary/aromatic N) is 2. The average Bonchev–Trinajstić information content (AvgIpc) is 2.46. The third-order valence-corrected chi connectivity index (χ3v) is 1.70. The molecule has 1 rings (SSSR count). The summed E-state index contributed by atoms with van der Waals surface area (Å²) in [6.07, 6.45) is -5.65. The molecule has 0 aromatic carbocycles. The van der Waals surface area contributed by atoms with Crippen LogP contribution in [0.2, 0.25) is 0 Å². The Labute approximate surface area is 84.2 Å². The third kappa shape index (κ3) is 2.81. The van der Waals surface area contributed by atoms with Crippen LogP contribution in [0.25, 0.3) is 0 Å². The molecule has 0 fully saturated rings. The van der Waals surface area contributed by atoms with Crippen LogP contribution in [0.5, 0.6) is 0 Å². The van der Waals surface area contributed by atoms with Gasteiger partial charge in [0.1, 0.15) is 11.4 Å². The molecule has 15 heavy (non-hydrogen) atoms. The number of allylic oxidation sites excluding steroid dienone is 1. The highest BCUT2D eigenvalue weighted by molar-refractivity contribution is 5.13. The smallest absolute Gasteiger partial charge is 0.259 e. The maximum Gasteiger partial charge on any atom is 0.282 e. The lowest BCUT2D eigenvalue weighted by Crippen LogP contribution is -2.06. The van der Waals surface area contributed by atoms with E-state index in [2.05, 4.69) is 11.7 Å². The molecule has 0 saturated carbocycles. The quantitative estimate of drug-likeness (QED) is 0.564. The molecule has 0 spiro atoms. The van der Waals surface area contributed by atoms with Crippen molar-refractivity contribution in [3.8, 4) is 0 Å². The van der Waals surface area contributed by atoms with Crippen LogP contribution in [-0.4, -0.2) is 9.78 Å². The van der Waals surface area contributed by atoms with Gasteiger partial charge in [0.25, 0.3) is 12.9 Å². The predicted molar refractivity (Wildman–Crippen MR) is 47.0 cm³/mol. The van der Waals surface area contributed by atoms with Crippen LogP contribution < -0.4 is 0 Å². The number of hydrogen-bond acceptors (Lipinski definition) is 1. The Kier molecular flexibility index (Phi) is 3.49. The van der Waals surface area contributed by atoms with E-state index >= 15 is 0 Å². The van der Waals surface area contributed by atoms with Crippen molar-refractivity contribution < 1.29 is 17.6 Å². The molecule has 0 amide bonds. The maximum atomic E-state index is 12.4. The van der Waals surface area contributed by atoms with E-state index in [1.54, 1.807) is 6.92 Å². The molecule has 1 heterocycles. The molecule has 1 aromatic heterocycles. The van der Waals surface area contributed by atoms with Gasteiger partial charge in [-0.25, -0.2) is 17.6 Å².